The Kier molecular flexibility index (Phi) is 3.43. The zero-order chi connectivity index (χ0) is 14.7. The molecule has 0 fully saturated rings. The minimum absolute atomic E-state index is 0.126. The number of nitriles is 1. The van der Waals surface area contributed by atoms with Crippen LogP contribution in [0.5, 0.6) is 0 Å². The van der Waals surface area contributed by atoms with Crippen molar-refractivity contribution < 1.29 is 9.72 Å². The van der Waals surface area contributed by atoms with Crippen LogP contribution in [-0.2, 0) is 0 Å². The number of nitro groups is 1. The second-order valence-electron chi connectivity index (χ2n) is 3.98. The number of H-pyrrole nitrogens is 1. The number of aromatic nitrogens is 2. The van der Waals surface area contributed by atoms with Crippen LogP contribution in [0, 0.1) is 28.4 Å². The molecule has 2 rings (SSSR count). The number of nitrogens with one attached hydrogen (secondary N) is 2. The van der Waals surface area contributed by atoms with Crippen LogP contribution in [0.15, 0.2) is 24.4 Å². The van der Waals surface area contributed by atoms with Crippen LogP contribution in [0.1, 0.15) is 21.5 Å². The molecule has 0 atom stereocenters. The van der Waals surface area contributed by atoms with Gasteiger partial charge < -0.3 is 5.32 Å². The summed E-state index contributed by atoms with van der Waals surface area (Å²) in [5, 5.41) is 28.2. The molecule has 8 nitrogen and oxygen atoms in total. The molecule has 0 spiro atoms. The maximum Gasteiger partial charge on any atom is 0.273 e. The van der Waals surface area contributed by atoms with Crippen molar-refractivity contribution in [2.45, 2.75) is 6.92 Å². The average molecular weight is 271 g/mol. The number of amides is 1. The highest BCUT2D eigenvalue weighted by Crippen LogP contribution is 2.20. The maximum absolute atomic E-state index is 12.0. The lowest BCUT2D eigenvalue weighted by molar-refractivity contribution is -0.385. The lowest BCUT2D eigenvalue weighted by Crippen LogP contribution is -2.13. The minimum atomic E-state index is -0.561. The van der Waals surface area contributed by atoms with E-state index < -0.39 is 10.8 Å². The molecule has 0 bridgehead atoms. The van der Waals surface area contributed by atoms with Crippen LogP contribution in [0.3, 0.4) is 0 Å². The van der Waals surface area contributed by atoms with Gasteiger partial charge >= 0.3 is 0 Å². The van der Waals surface area contributed by atoms with Gasteiger partial charge in [0.05, 0.1) is 11.1 Å². The van der Waals surface area contributed by atoms with E-state index in [0.29, 0.717) is 5.56 Å². The predicted molar refractivity (Wildman–Crippen MR) is 69.1 cm³/mol. The van der Waals surface area contributed by atoms with E-state index in [1.807, 2.05) is 6.07 Å². The van der Waals surface area contributed by atoms with Crippen molar-refractivity contribution in [2.24, 2.45) is 0 Å². The summed E-state index contributed by atoms with van der Waals surface area (Å²) in [6.45, 7) is 1.59. The Labute approximate surface area is 113 Å². The van der Waals surface area contributed by atoms with Crippen molar-refractivity contribution in [2.75, 3.05) is 5.32 Å². The van der Waals surface area contributed by atoms with Crippen molar-refractivity contribution in [1.82, 2.24) is 10.2 Å². The topological polar surface area (TPSA) is 125 Å². The quantitative estimate of drug-likeness (QED) is 0.649. The fourth-order valence-electron chi connectivity index (χ4n) is 1.60. The molecule has 0 aliphatic rings. The molecule has 100 valence electrons. The third kappa shape index (κ3) is 2.46. The van der Waals surface area contributed by atoms with Gasteiger partial charge in [0.2, 0.25) is 0 Å². The molecule has 1 aromatic carbocycles. The summed E-state index contributed by atoms with van der Waals surface area (Å²) in [6, 6.07) is 6.01. The van der Waals surface area contributed by atoms with Gasteiger partial charge in [-0.25, -0.2) is 0 Å². The lowest BCUT2D eigenvalue weighted by Gasteiger charge is -2.04. The number of aromatic amines is 1. The van der Waals surface area contributed by atoms with Gasteiger partial charge in [0.15, 0.2) is 0 Å². The Morgan fingerprint density at radius 3 is 2.95 bits per heavy atom. The van der Waals surface area contributed by atoms with Crippen LogP contribution in [0.2, 0.25) is 0 Å². The Morgan fingerprint density at radius 2 is 2.30 bits per heavy atom. The highest BCUT2D eigenvalue weighted by molar-refractivity contribution is 6.04. The second-order valence-corrected chi connectivity index (χ2v) is 3.98. The normalized spacial score (nSPS) is 9.80. The fourth-order valence-corrected chi connectivity index (χ4v) is 1.60. The molecule has 0 saturated carbocycles. The maximum atomic E-state index is 12.0. The molecule has 1 aromatic heterocycles. The number of rotatable bonds is 3. The number of carbonyl (C=O) groups excluding carboxylic acids is 1. The summed E-state index contributed by atoms with van der Waals surface area (Å²) in [5.41, 5.74) is 0.634. The molecule has 0 aliphatic carbocycles. The first kappa shape index (κ1) is 13.2. The number of hydrogen-bond donors (Lipinski definition) is 2. The molecule has 1 heterocycles. The smallest absolute Gasteiger partial charge is 0.273 e. The number of carbonyl (C=O) groups is 1. The van der Waals surface area contributed by atoms with E-state index in [4.69, 9.17) is 5.26 Å². The van der Waals surface area contributed by atoms with Gasteiger partial charge in [-0.1, -0.05) is 6.07 Å². The van der Waals surface area contributed by atoms with Crippen LogP contribution >= 0.6 is 0 Å². The van der Waals surface area contributed by atoms with Gasteiger partial charge in [0.1, 0.15) is 17.5 Å². The Morgan fingerprint density at radius 1 is 1.55 bits per heavy atom. The minimum Gasteiger partial charge on any atom is -0.306 e. The summed E-state index contributed by atoms with van der Waals surface area (Å²) in [5.74, 6) is -0.408. The number of anilines is 1. The molecule has 1 amide bonds. The molecule has 20 heavy (non-hydrogen) atoms. The van der Waals surface area contributed by atoms with Crippen LogP contribution in [0.4, 0.5) is 11.5 Å². The summed E-state index contributed by atoms with van der Waals surface area (Å²) in [4.78, 5) is 22.3. The first-order valence-corrected chi connectivity index (χ1v) is 5.53. The molecule has 8 heteroatoms. The molecule has 2 aromatic rings. The van der Waals surface area contributed by atoms with E-state index in [-0.39, 0.29) is 22.6 Å². The third-order valence-corrected chi connectivity index (χ3v) is 2.67. The van der Waals surface area contributed by atoms with Crippen LogP contribution in [0.25, 0.3) is 0 Å². The zero-order valence-corrected chi connectivity index (χ0v) is 10.4. The van der Waals surface area contributed by atoms with Crippen molar-refractivity contribution in [3.05, 3.63) is 51.2 Å². The highest BCUT2D eigenvalue weighted by Gasteiger charge is 2.16. The van der Waals surface area contributed by atoms with Gasteiger partial charge in [-0.15, -0.1) is 0 Å². The number of hydrogen-bond acceptors (Lipinski definition) is 5. The van der Waals surface area contributed by atoms with Crippen LogP contribution in [-0.4, -0.2) is 21.0 Å². The Balaban J connectivity index is 2.29. The van der Waals surface area contributed by atoms with Gasteiger partial charge in [-0.3, -0.25) is 20.0 Å². The van der Waals surface area contributed by atoms with Crippen molar-refractivity contribution >= 4 is 17.4 Å². The van der Waals surface area contributed by atoms with E-state index in [0.717, 1.165) is 0 Å². The number of nitrogens with zero attached hydrogens (tertiary/aromatic N) is 3. The summed E-state index contributed by atoms with van der Waals surface area (Å²) in [7, 11) is 0. The van der Waals surface area contributed by atoms with Crippen molar-refractivity contribution in [3.63, 3.8) is 0 Å². The Bertz CT molecular complexity index is 729. The number of aryl methyl sites for hydroxylation is 1. The van der Waals surface area contributed by atoms with E-state index >= 15 is 0 Å². The highest BCUT2D eigenvalue weighted by atomic mass is 16.6. The summed E-state index contributed by atoms with van der Waals surface area (Å²) < 4.78 is 0. The van der Waals surface area contributed by atoms with E-state index in [2.05, 4.69) is 15.5 Å². The zero-order valence-electron chi connectivity index (χ0n) is 10.4. The first-order chi connectivity index (χ1) is 9.52. The number of benzene rings is 1. The lowest BCUT2D eigenvalue weighted by atomic mass is 10.1. The SMILES string of the molecule is Cc1ccc(C(=O)Nc2[nH]ncc2C#N)cc1[N+](=O)[O-]. The monoisotopic (exact) mass is 271 g/mol. The third-order valence-electron chi connectivity index (χ3n) is 2.67. The van der Waals surface area contributed by atoms with Gasteiger partial charge in [-0.05, 0) is 13.0 Å². The average Bonchev–Trinajstić information content (AvgIpc) is 2.86. The molecule has 2 N–H and O–H groups in total. The fraction of sp³-hybridized carbons (Fsp3) is 0.0833. The van der Waals surface area contributed by atoms with Crippen LogP contribution < -0.4 is 5.32 Å². The molecule has 0 saturated heterocycles. The molecule has 0 unspecified atom stereocenters. The predicted octanol–water partition coefficient (Wildman–Crippen LogP) is 1.75. The van der Waals surface area contributed by atoms with E-state index in [1.165, 1.54) is 24.4 Å². The van der Waals surface area contributed by atoms with Crippen molar-refractivity contribution in [3.8, 4) is 6.07 Å². The molecule has 0 aliphatic heterocycles. The van der Waals surface area contributed by atoms with Gasteiger partial charge in [0.25, 0.3) is 11.6 Å². The summed E-state index contributed by atoms with van der Waals surface area (Å²) in [6.07, 6.45) is 1.27. The largest absolute Gasteiger partial charge is 0.306 e. The van der Waals surface area contributed by atoms with Gasteiger partial charge in [0, 0.05) is 17.2 Å². The second kappa shape index (κ2) is 5.19. The van der Waals surface area contributed by atoms with E-state index in [9.17, 15) is 14.9 Å². The molecular weight excluding hydrogens is 262 g/mol. The first-order valence-electron chi connectivity index (χ1n) is 5.53. The molecular formula is C12H9N5O3. The Hall–Kier alpha value is -3.21. The summed E-state index contributed by atoms with van der Waals surface area (Å²) >= 11 is 0. The number of nitro benzene ring substituents is 1. The standard InChI is InChI=1S/C12H9N5O3/c1-7-2-3-8(4-10(7)17(19)20)12(18)15-11-9(5-13)6-14-16-11/h2-4,6H,1H3,(H2,14,15,16,18). The van der Waals surface area contributed by atoms with E-state index in [1.54, 1.807) is 6.92 Å². The van der Waals surface area contributed by atoms with Crippen molar-refractivity contribution in [1.29, 1.82) is 5.26 Å². The van der Waals surface area contributed by atoms with Gasteiger partial charge in [-0.2, -0.15) is 10.4 Å². The molecule has 0 radical (unpaired) electrons.